The van der Waals surface area contributed by atoms with Crippen LogP contribution in [0.3, 0.4) is 0 Å². The van der Waals surface area contributed by atoms with E-state index in [1.807, 2.05) is 23.6 Å². The molecular weight excluding hydrogens is 379 g/mol. The van der Waals surface area contributed by atoms with Crippen molar-refractivity contribution in [3.8, 4) is 0 Å². The summed E-state index contributed by atoms with van der Waals surface area (Å²) in [7, 11) is 0. The topological polar surface area (TPSA) is 46.7 Å². The Balaban J connectivity index is 1.68. The average Bonchev–Trinajstić information content (AvgIpc) is 3.26. The van der Waals surface area contributed by atoms with Crippen LogP contribution in [0, 0.1) is 0 Å². The van der Waals surface area contributed by atoms with E-state index in [1.165, 1.54) is 4.88 Å². The Morgan fingerprint density at radius 1 is 1.12 bits per heavy atom. The highest BCUT2D eigenvalue weighted by molar-refractivity contribution is 7.09. The summed E-state index contributed by atoms with van der Waals surface area (Å²) in [6.45, 7) is 1.66. The molecule has 2 heterocycles. The number of amides is 1. The zero-order chi connectivity index (χ0) is 17.6. The van der Waals surface area contributed by atoms with Crippen LogP contribution in [0.15, 0.2) is 58.5 Å². The second-order valence-electron chi connectivity index (χ2n) is 5.59. The quantitative estimate of drug-likeness (QED) is 0.637. The number of anilines is 1. The summed E-state index contributed by atoms with van der Waals surface area (Å²) in [4.78, 5) is 14.8. The maximum absolute atomic E-state index is 12.5. The highest BCUT2D eigenvalue weighted by Crippen LogP contribution is 2.29. The van der Waals surface area contributed by atoms with Gasteiger partial charge >= 0.3 is 0 Å². The van der Waals surface area contributed by atoms with E-state index in [0.29, 0.717) is 28.8 Å². The predicted octanol–water partition coefficient (Wildman–Crippen LogP) is 3.87. The number of hydrogen-bond donors (Lipinski definition) is 2. The summed E-state index contributed by atoms with van der Waals surface area (Å²) in [5.74, 6) is 0.724. The molecule has 2 N–H and O–H groups in total. The van der Waals surface area contributed by atoms with Gasteiger partial charge in [-0.2, -0.15) is 0 Å². The minimum absolute atomic E-state index is 0.123. The molecule has 0 aliphatic carbocycles. The summed E-state index contributed by atoms with van der Waals surface area (Å²) in [5, 5.41) is 5.64. The summed E-state index contributed by atoms with van der Waals surface area (Å²) in [6.07, 6.45) is 1.64. The number of thiophene rings is 1. The van der Waals surface area contributed by atoms with E-state index in [9.17, 15) is 4.79 Å². The fourth-order valence-electron chi connectivity index (χ4n) is 2.53. The maximum atomic E-state index is 12.5. The third kappa shape index (κ3) is 5.09. The van der Waals surface area contributed by atoms with E-state index < -0.39 is 0 Å². The number of furan rings is 1. The van der Waals surface area contributed by atoms with Gasteiger partial charge in [0.25, 0.3) is 5.91 Å². The number of carbonyl (C=O) groups excluding carboxylic acids is 1. The van der Waals surface area contributed by atoms with Gasteiger partial charge in [0.1, 0.15) is 13.1 Å². The zero-order valence-electron chi connectivity index (χ0n) is 13.3. The van der Waals surface area contributed by atoms with Gasteiger partial charge in [0.2, 0.25) is 0 Å². The molecule has 4 nitrogen and oxygen atoms in total. The zero-order valence-corrected chi connectivity index (χ0v) is 15.6. The molecule has 25 heavy (non-hydrogen) atoms. The van der Waals surface area contributed by atoms with Gasteiger partial charge in [0.05, 0.1) is 26.9 Å². The molecule has 0 aliphatic heterocycles. The minimum atomic E-state index is -0.123. The molecule has 1 unspecified atom stereocenters. The molecule has 0 saturated heterocycles. The van der Waals surface area contributed by atoms with E-state index in [1.54, 1.807) is 35.8 Å². The number of benzene rings is 1. The molecule has 2 aromatic heterocycles. The first-order valence-corrected chi connectivity index (χ1v) is 9.37. The second-order valence-corrected chi connectivity index (χ2v) is 7.41. The van der Waals surface area contributed by atoms with Crippen molar-refractivity contribution in [2.45, 2.75) is 13.1 Å². The molecule has 1 atom stereocenters. The Hall–Kier alpha value is -1.79. The molecule has 130 valence electrons. The average molecular weight is 396 g/mol. The third-order valence-electron chi connectivity index (χ3n) is 3.64. The van der Waals surface area contributed by atoms with E-state index in [0.717, 1.165) is 17.2 Å². The molecule has 0 fully saturated rings. The molecule has 1 amide bonds. The Bertz CT molecular complexity index is 783. The van der Waals surface area contributed by atoms with Crippen LogP contribution in [-0.4, -0.2) is 12.5 Å². The van der Waals surface area contributed by atoms with Crippen LogP contribution in [0.4, 0.5) is 5.69 Å². The third-order valence-corrected chi connectivity index (χ3v) is 5.34. The number of quaternary nitrogens is 1. The van der Waals surface area contributed by atoms with Crippen molar-refractivity contribution < 1.29 is 14.1 Å². The molecule has 0 radical (unpaired) electrons. The van der Waals surface area contributed by atoms with E-state index in [4.69, 9.17) is 27.6 Å². The van der Waals surface area contributed by atoms with Crippen LogP contribution in [0.2, 0.25) is 10.0 Å². The van der Waals surface area contributed by atoms with Crippen LogP contribution in [0.1, 0.15) is 10.6 Å². The standard InChI is InChI=1S/C18H16Cl2N2O2S/c19-15-6-1-7-16(18(15)20)21-17(23)12-22(10-13-4-2-8-24-13)11-14-5-3-9-25-14/h1-9H,10-12H2,(H,21,23)/p+1. The molecule has 1 aromatic carbocycles. The van der Waals surface area contributed by atoms with Crippen LogP contribution in [-0.2, 0) is 17.9 Å². The summed E-state index contributed by atoms with van der Waals surface area (Å²) >= 11 is 13.8. The normalized spacial score (nSPS) is 12.1. The Morgan fingerprint density at radius 2 is 2.00 bits per heavy atom. The molecule has 3 rings (SSSR count). The van der Waals surface area contributed by atoms with Crippen LogP contribution < -0.4 is 10.2 Å². The molecule has 0 bridgehead atoms. The maximum Gasteiger partial charge on any atom is 0.279 e. The van der Waals surface area contributed by atoms with Crippen molar-refractivity contribution in [2.24, 2.45) is 0 Å². The number of rotatable bonds is 7. The van der Waals surface area contributed by atoms with Gasteiger partial charge < -0.3 is 14.6 Å². The molecule has 0 spiro atoms. The highest BCUT2D eigenvalue weighted by atomic mass is 35.5. The Morgan fingerprint density at radius 3 is 2.72 bits per heavy atom. The van der Waals surface area contributed by atoms with Gasteiger partial charge in [0.15, 0.2) is 12.3 Å². The first-order chi connectivity index (χ1) is 12.1. The van der Waals surface area contributed by atoms with Crippen LogP contribution >= 0.6 is 34.5 Å². The SMILES string of the molecule is O=C(C[NH+](Cc1ccco1)Cc1cccs1)Nc1cccc(Cl)c1Cl. The molecular formula is C18H17Cl2N2O2S+. The van der Waals surface area contributed by atoms with E-state index in [-0.39, 0.29) is 5.91 Å². The van der Waals surface area contributed by atoms with Crippen LogP contribution in [0.25, 0.3) is 0 Å². The van der Waals surface area contributed by atoms with E-state index >= 15 is 0 Å². The van der Waals surface area contributed by atoms with Gasteiger partial charge in [-0.1, -0.05) is 35.3 Å². The summed E-state index contributed by atoms with van der Waals surface area (Å²) in [6, 6.07) is 13.0. The van der Waals surface area contributed by atoms with Crippen molar-refractivity contribution in [3.05, 3.63) is 74.8 Å². The smallest absolute Gasteiger partial charge is 0.279 e. The summed E-state index contributed by atoms with van der Waals surface area (Å²) < 4.78 is 5.43. The Kier molecular flexibility index (Phi) is 6.15. The number of nitrogens with one attached hydrogen (secondary N) is 2. The first kappa shape index (κ1) is 18.0. The van der Waals surface area contributed by atoms with Gasteiger partial charge in [-0.3, -0.25) is 4.79 Å². The second kappa shape index (κ2) is 8.54. The lowest BCUT2D eigenvalue weighted by Gasteiger charge is -2.18. The Labute approximate surface area is 160 Å². The lowest BCUT2D eigenvalue weighted by atomic mass is 10.3. The van der Waals surface area contributed by atoms with Gasteiger partial charge in [-0.15, -0.1) is 11.3 Å². The molecule has 3 aromatic rings. The number of halogens is 2. The fraction of sp³-hybridized carbons (Fsp3) is 0.167. The summed E-state index contributed by atoms with van der Waals surface area (Å²) in [5.41, 5.74) is 0.521. The van der Waals surface area contributed by atoms with Crippen molar-refractivity contribution in [3.63, 3.8) is 0 Å². The number of hydrogen-bond acceptors (Lipinski definition) is 3. The first-order valence-electron chi connectivity index (χ1n) is 7.74. The van der Waals surface area contributed by atoms with Crippen LogP contribution in [0.5, 0.6) is 0 Å². The van der Waals surface area contributed by atoms with Gasteiger partial charge in [-0.25, -0.2) is 0 Å². The monoisotopic (exact) mass is 395 g/mol. The van der Waals surface area contributed by atoms with Crippen molar-refractivity contribution in [1.29, 1.82) is 0 Å². The van der Waals surface area contributed by atoms with Crippen molar-refractivity contribution >= 4 is 46.1 Å². The largest absolute Gasteiger partial charge is 0.463 e. The highest BCUT2D eigenvalue weighted by Gasteiger charge is 2.18. The lowest BCUT2D eigenvalue weighted by Crippen LogP contribution is -3.10. The lowest BCUT2D eigenvalue weighted by molar-refractivity contribution is -0.920. The van der Waals surface area contributed by atoms with E-state index in [2.05, 4.69) is 11.4 Å². The van der Waals surface area contributed by atoms with Gasteiger partial charge in [0, 0.05) is 0 Å². The minimum Gasteiger partial charge on any atom is -0.463 e. The molecule has 7 heteroatoms. The van der Waals surface area contributed by atoms with Crippen molar-refractivity contribution in [2.75, 3.05) is 11.9 Å². The predicted molar refractivity (Wildman–Crippen MR) is 101 cm³/mol. The molecule has 0 saturated carbocycles. The number of carbonyl (C=O) groups is 1. The van der Waals surface area contributed by atoms with Gasteiger partial charge in [-0.05, 0) is 35.7 Å². The van der Waals surface area contributed by atoms with Crippen molar-refractivity contribution in [1.82, 2.24) is 0 Å². The molecule has 0 aliphatic rings. The fourth-order valence-corrected chi connectivity index (χ4v) is 3.65.